The molecule has 2 atom stereocenters. The molecule has 0 aromatic heterocycles. The SMILES string of the molecule is O=CC1(c2ccccc2)CCCC(F)C1(F)F. The summed E-state index contributed by atoms with van der Waals surface area (Å²) in [7, 11) is 0. The first-order valence-electron chi connectivity index (χ1n) is 5.58. The molecule has 0 heterocycles. The van der Waals surface area contributed by atoms with Crippen LogP contribution < -0.4 is 0 Å². The van der Waals surface area contributed by atoms with E-state index in [9.17, 15) is 18.0 Å². The summed E-state index contributed by atoms with van der Waals surface area (Å²) in [5.41, 5.74) is -1.81. The fraction of sp³-hybridized carbons (Fsp3) is 0.462. The Bertz CT molecular complexity index is 404. The van der Waals surface area contributed by atoms with Crippen LogP contribution in [0.4, 0.5) is 13.2 Å². The summed E-state index contributed by atoms with van der Waals surface area (Å²) < 4.78 is 41.4. The molecule has 1 saturated carbocycles. The van der Waals surface area contributed by atoms with Crippen molar-refractivity contribution in [2.24, 2.45) is 0 Å². The van der Waals surface area contributed by atoms with E-state index in [0.29, 0.717) is 6.42 Å². The maximum absolute atomic E-state index is 14.0. The molecule has 0 radical (unpaired) electrons. The molecule has 0 saturated heterocycles. The van der Waals surface area contributed by atoms with Crippen LogP contribution >= 0.6 is 0 Å². The molecule has 17 heavy (non-hydrogen) atoms. The van der Waals surface area contributed by atoms with Crippen LogP contribution in [-0.4, -0.2) is 18.4 Å². The van der Waals surface area contributed by atoms with E-state index in [1.807, 2.05) is 0 Å². The summed E-state index contributed by atoms with van der Waals surface area (Å²) in [6.45, 7) is 0. The molecule has 0 aliphatic heterocycles. The summed E-state index contributed by atoms with van der Waals surface area (Å²) in [5, 5.41) is 0. The highest BCUT2D eigenvalue weighted by atomic mass is 19.3. The Balaban J connectivity index is 2.53. The van der Waals surface area contributed by atoms with E-state index in [2.05, 4.69) is 0 Å². The molecule has 0 spiro atoms. The zero-order valence-corrected chi connectivity index (χ0v) is 9.20. The summed E-state index contributed by atoms with van der Waals surface area (Å²) in [4.78, 5) is 11.2. The van der Waals surface area contributed by atoms with Crippen molar-refractivity contribution >= 4 is 6.29 Å². The topological polar surface area (TPSA) is 17.1 Å². The average Bonchev–Trinajstić information content (AvgIpc) is 2.34. The van der Waals surface area contributed by atoms with Crippen molar-refractivity contribution in [3.05, 3.63) is 35.9 Å². The van der Waals surface area contributed by atoms with E-state index >= 15 is 0 Å². The van der Waals surface area contributed by atoms with Crippen LogP contribution in [0.25, 0.3) is 0 Å². The molecular formula is C13H13F3O. The van der Waals surface area contributed by atoms with E-state index in [-0.39, 0.29) is 24.7 Å². The quantitative estimate of drug-likeness (QED) is 0.727. The van der Waals surface area contributed by atoms with E-state index < -0.39 is 17.5 Å². The molecule has 1 fully saturated rings. The molecule has 2 unspecified atom stereocenters. The number of carbonyl (C=O) groups excluding carboxylic acids is 1. The minimum atomic E-state index is -3.63. The van der Waals surface area contributed by atoms with E-state index in [1.165, 1.54) is 12.1 Å². The minimum Gasteiger partial charge on any atom is -0.302 e. The van der Waals surface area contributed by atoms with Gasteiger partial charge in [0.2, 0.25) is 0 Å². The van der Waals surface area contributed by atoms with Crippen molar-refractivity contribution in [2.45, 2.75) is 36.8 Å². The smallest absolute Gasteiger partial charge is 0.294 e. The third kappa shape index (κ3) is 1.66. The average molecular weight is 242 g/mol. The van der Waals surface area contributed by atoms with E-state index in [0.717, 1.165) is 0 Å². The Morgan fingerprint density at radius 3 is 2.47 bits per heavy atom. The zero-order valence-electron chi connectivity index (χ0n) is 9.20. The van der Waals surface area contributed by atoms with Crippen LogP contribution in [0, 0.1) is 0 Å². The second-order valence-electron chi connectivity index (χ2n) is 4.44. The molecule has 0 N–H and O–H groups in total. The Morgan fingerprint density at radius 2 is 1.88 bits per heavy atom. The normalized spacial score (nSPS) is 32.1. The first kappa shape index (κ1) is 12.1. The van der Waals surface area contributed by atoms with E-state index in [4.69, 9.17) is 0 Å². The fourth-order valence-corrected chi connectivity index (χ4v) is 2.47. The molecule has 0 amide bonds. The van der Waals surface area contributed by atoms with Crippen LogP contribution in [0.15, 0.2) is 30.3 Å². The third-order valence-corrected chi connectivity index (χ3v) is 3.51. The highest BCUT2D eigenvalue weighted by molar-refractivity contribution is 5.71. The summed E-state index contributed by atoms with van der Waals surface area (Å²) >= 11 is 0. The van der Waals surface area contributed by atoms with Crippen LogP contribution in [0.5, 0.6) is 0 Å². The second kappa shape index (κ2) is 4.17. The molecule has 0 bridgehead atoms. The number of aldehydes is 1. The Morgan fingerprint density at radius 1 is 1.24 bits per heavy atom. The van der Waals surface area contributed by atoms with Gasteiger partial charge >= 0.3 is 0 Å². The van der Waals surface area contributed by atoms with Crippen molar-refractivity contribution in [1.82, 2.24) is 0 Å². The Labute approximate surface area is 97.6 Å². The number of benzene rings is 1. The van der Waals surface area contributed by atoms with Crippen molar-refractivity contribution < 1.29 is 18.0 Å². The maximum Gasteiger partial charge on any atom is 0.294 e. The first-order chi connectivity index (χ1) is 8.04. The van der Waals surface area contributed by atoms with Gasteiger partial charge in [-0.15, -0.1) is 0 Å². The van der Waals surface area contributed by atoms with Crippen LogP contribution in [0.2, 0.25) is 0 Å². The van der Waals surface area contributed by atoms with Crippen molar-refractivity contribution in [2.75, 3.05) is 0 Å². The lowest BCUT2D eigenvalue weighted by molar-refractivity contribution is -0.163. The molecule has 1 aliphatic carbocycles. The van der Waals surface area contributed by atoms with Gasteiger partial charge in [0.05, 0.1) is 0 Å². The Hall–Kier alpha value is -1.32. The van der Waals surface area contributed by atoms with Gasteiger partial charge in [-0.05, 0) is 24.8 Å². The minimum absolute atomic E-state index is 0.00602. The predicted molar refractivity (Wildman–Crippen MR) is 57.9 cm³/mol. The first-order valence-corrected chi connectivity index (χ1v) is 5.58. The van der Waals surface area contributed by atoms with Gasteiger partial charge in [-0.25, -0.2) is 13.2 Å². The largest absolute Gasteiger partial charge is 0.302 e. The number of rotatable bonds is 2. The third-order valence-electron chi connectivity index (χ3n) is 3.51. The number of halogens is 3. The Kier molecular flexibility index (Phi) is 2.98. The fourth-order valence-electron chi connectivity index (χ4n) is 2.47. The molecule has 1 aromatic carbocycles. The van der Waals surface area contributed by atoms with Gasteiger partial charge in [0.25, 0.3) is 5.92 Å². The molecule has 1 aromatic rings. The molecule has 92 valence electrons. The van der Waals surface area contributed by atoms with Gasteiger partial charge in [0.15, 0.2) is 6.17 Å². The monoisotopic (exact) mass is 242 g/mol. The standard InChI is InChI=1S/C13H13F3O/c14-11-7-4-8-12(9-17,13(11,15)16)10-5-2-1-3-6-10/h1-3,5-6,9,11H,4,7-8H2. The van der Waals surface area contributed by atoms with E-state index in [1.54, 1.807) is 18.2 Å². The molecule has 1 aliphatic rings. The summed E-state index contributed by atoms with van der Waals surface area (Å²) in [6, 6.07) is 7.76. The second-order valence-corrected chi connectivity index (χ2v) is 4.44. The number of hydrogen-bond acceptors (Lipinski definition) is 1. The highest BCUT2D eigenvalue weighted by Gasteiger charge is 2.61. The molecule has 4 heteroatoms. The van der Waals surface area contributed by atoms with Gasteiger partial charge < -0.3 is 4.79 Å². The van der Waals surface area contributed by atoms with Crippen molar-refractivity contribution in [1.29, 1.82) is 0 Å². The number of carbonyl (C=O) groups is 1. The van der Waals surface area contributed by atoms with Crippen LogP contribution in [-0.2, 0) is 10.2 Å². The van der Waals surface area contributed by atoms with Gasteiger partial charge in [-0.2, -0.15) is 0 Å². The predicted octanol–water partition coefficient (Wildman–Crippen LogP) is 3.28. The van der Waals surface area contributed by atoms with Gasteiger partial charge in [0, 0.05) is 0 Å². The molecular weight excluding hydrogens is 229 g/mol. The zero-order chi connectivity index (χ0) is 12.5. The van der Waals surface area contributed by atoms with Gasteiger partial charge in [0.1, 0.15) is 11.7 Å². The lowest BCUT2D eigenvalue weighted by atomic mass is 9.67. The van der Waals surface area contributed by atoms with Crippen LogP contribution in [0.3, 0.4) is 0 Å². The molecule has 1 nitrogen and oxygen atoms in total. The highest BCUT2D eigenvalue weighted by Crippen LogP contribution is 2.49. The van der Waals surface area contributed by atoms with Crippen molar-refractivity contribution in [3.8, 4) is 0 Å². The number of alkyl halides is 3. The van der Waals surface area contributed by atoms with Crippen molar-refractivity contribution in [3.63, 3.8) is 0 Å². The lowest BCUT2D eigenvalue weighted by Crippen LogP contribution is -2.55. The van der Waals surface area contributed by atoms with Gasteiger partial charge in [-0.3, -0.25) is 0 Å². The lowest BCUT2D eigenvalue weighted by Gasteiger charge is -2.41. The van der Waals surface area contributed by atoms with Gasteiger partial charge in [-0.1, -0.05) is 30.3 Å². The maximum atomic E-state index is 14.0. The van der Waals surface area contributed by atoms with Crippen LogP contribution in [0.1, 0.15) is 24.8 Å². The molecule has 2 rings (SSSR count). The summed E-state index contributed by atoms with van der Waals surface area (Å²) in [5.74, 6) is -3.63. The number of hydrogen-bond donors (Lipinski definition) is 0. The summed E-state index contributed by atoms with van der Waals surface area (Å²) in [6.07, 6.45) is -1.93.